The molecule has 0 aliphatic rings. The van der Waals surface area contributed by atoms with Crippen molar-refractivity contribution < 1.29 is 13.5 Å². The second-order valence-electron chi connectivity index (χ2n) is 3.50. The van der Waals surface area contributed by atoms with Gasteiger partial charge in [0.2, 0.25) is 0 Å². The minimum atomic E-state index is -0.686. The Morgan fingerprint density at radius 3 is 2.67 bits per heavy atom. The van der Waals surface area contributed by atoms with Crippen molar-refractivity contribution in [1.29, 1.82) is 5.26 Å². The molecule has 5 heteroatoms. The third-order valence-electron chi connectivity index (χ3n) is 2.47. The monoisotopic (exact) mass is 246 g/mol. The molecular weight excluding hydrogens is 238 g/mol. The van der Waals surface area contributed by atoms with Gasteiger partial charge in [0.1, 0.15) is 11.9 Å². The lowest BCUT2D eigenvalue weighted by Crippen LogP contribution is -1.94. The number of nitriles is 1. The Bertz CT molecular complexity index is 635. The second-order valence-corrected chi connectivity index (χ2v) is 3.50. The van der Waals surface area contributed by atoms with E-state index in [1.807, 2.05) is 6.07 Å². The van der Waals surface area contributed by atoms with Crippen molar-refractivity contribution in [3.05, 3.63) is 47.8 Å². The maximum Gasteiger partial charge on any atom is 0.165 e. The zero-order chi connectivity index (χ0) is 13.1. The predicted octanol–water partition coefficient (Wildman–Crippen LogP) is 2.91. The molecule has 0 saturated carbocycles. The summed E-state index contributed by atoms with van der Waals surface area (Å²) in [7, 11) is 1.25. The van der Waals surface area contributed by atoms with E-state index in [-0.39, 0.29) is 16.9 Å². The normalized spacial score (nSPS) is 9.89. The van der Waals surface area contributed by atoms with Crippen LogP contribution in [-0.4, -0.2) is 12.1 Å². The molecule has 0 atom stereocenters. The van der Waals surface area contributed by atoms with Crippen LogP contribution in [0.25, 0.3) is 11.1 Å². The smallest absolute Gasteiger partial charge is 0.165 e. The van der Waals surface area contributed by atoms with Gasteiger partial charge in [-0.1, -0.05) is 0 Å². The highest BCUT2D eigenvalue weighted by Gasteiger charge is 2.14. The first-order valence-corrected chi connectivity index (χ1v) is 5.05. The highest BCUT2D eigenvalue weighted by atomic mass is 19.1. The van der Waals surface area contributed by atoms with Gasteiger partial charge in [-0.3, -0.25) is 4.98 Å². The third-order valence-corrected chi connectivity index (χ3v) is 2.47. The van der Waals surface area contributed by atoms with E-state index in [9.17, 15) is 8.78 Å². The van der Waals surface area contributed by atoms with Crippen molar-refractivity contribution in [3.8, 4) is 22.9 Å². The number of nitrogens with zero attached hydrogens (tertiary/aromatic N) is 2. The Morgan fingerprint density at radius 2 is 2.00 bits per heavy atom. The Hall–Kier alpha value is -2.48. The number of methoxy groups -OCH3 is 1. The van der Waals surface area contributed by atoms with Crippen molar-refractivity contribution in [2.24, 2.45) is 0 Å². The molecule has 0 bridgehead atoms. The number of hydrogen-bond donors (Lipinski definition) is 0. The maximum atomic E-state index is 13.8. The fourth-order valence-corrected chi connectivity index (χ4v) is 1.61. The van der Waals surface area contributed by atoms with Gasteiger partial charge in [0.25, 0.3) is 0 Å². The highest BCUT2D eigenvalue weighted by Crippen LogP contribution is 2.30. The van der Waals surface area contributed by atoms with Gasteiger partial charge in [-0.25, -0.2) is 8.78 Å². The topological polar surface area (TPSA) is 45.9 Å². The average molecular weight is 246 g/mol. The molecule has 0 unspecified atom stereocenters. The number of hydrogen-bond acceptors (Lipinski definition) is 3. The van der Waals surface area contributed by atoms with Gasteiger partial charge in [-0.15, -0.1) is 0 Å². The van der Waals surface area contributed by atoms with Crippen LogP contribution in [0.2, 0.25) is 0 Å². The number of benzene rings is 1. The quantitative estimate of drug-likeness (QED) is 0.818. The molecule has 1 aromatic carbocycles. The van der Waals surface area contributed by atoms with Crippen LogP contribution < -0.4 is 4.74 Å². The standard InChI is InChI=1S/C13H8F2N2O/c1-18-13-5-11(14)10(4-12(13)15)9-2-3-17-7-8(9)6-16/h2-5,7H,1H3. The van der Waals surface area contributed by atoms with Crippen molar-refractivity contribution in [1.82, 2.24) is 4.98 Å². The first-order valence-electron chi connectivity index (χ1n) is 5.05. The summed E-state index contributed by atoms with van der Waals surface area (Å²) in [6.45, 7) is 0. The summed E-state index contributed by atoms with van der Waals surface area (Å²) in [5.41, 5.74) is 0.486. The van der Waals surface area contributed by atoms with E-state index in [2.05, 4.69) is 9.72 Å². The Kier molecular flexibility index (Phi) is 3.20. The van der Waals surface area contributed by atoms with Gasteiger partial charge in [0.15, 0.2) is 11.6 Å². The fourth-order valence-electron chi connectivity index (χ4n) is 1.61. The summed E-state index contributed by atoms with van der Waals surface area (Å²) in [5.74, 6) is -1.52. The van der Waals surface area contributed by atoms with Crippen molar-refractivity contribution in [2.75, 3.05) is 7.11 Å². The molecular formula is C13H8F2N2O. The van der Waals surface area contributed by atoms with Gasteiger partial charge >= 0.3 is 0 Å². The van der Waals surface area contributed by atoms with Crippen LogP contribution in [-0.2, 0) is 0 Å². The van der Waals surface area contributed by atoms with E-state index in [0.717, 1.165) is 12.1 Å². The fraction of sp³-hybridized carbons (Fsp3) is 0.0769. The molecule has 0 amide bonds. The molecule has 2 rings (SSSR count). The summed E-state index contributed by atoms with van der Waals surface area (Å²) in [5, 5.41) is 8.91. The average Bonchev–Trinajstić information content (AvgIpc) is 2.41. The predicted molar refractivity (Wildman–Crippen MR) is 60.9 cm³/mol. The molecule has 0 spiro atoms. The largest absolute Gasteiger partial charge is 0.494 e. The lowest BCUT2D eigenvalue weighted by Gasteiger charge is -2.08. The van der Waals surface area contributed by atoms with Gasteiger partial charge in [-0.2, -0.15) is 5.26 Å². The van der Waals surface area contributed by atoms with Crippen LogP contribution in [0.3, 0.4) is 0 Å². The highest BCUT2D eigenvalue weighted by molar-refractivity contribution is 5.71. The molecule has 0 aliphatic heterocycles. The molecule has 90 valence electrons. The minimum Gasteiger partial charge on any atom is -0.494 e. The molecule has 0 aliphatic carbocycles. The number of ether oxygens (including phenoxy) is 1. The number of aromatic nitrogens is 1. The third kappa shape index (κ3) is 2.00. The number of halogens is 2. The molecule has 1 aromatic heterocycles. The lowest BCUT2D eigenvalue weighted by molar-refractivity contribution is 0.383. The summed E-state index contributed by atoms with van der Waals surface area (Å²) < 4.78 is 32.1. The van der Waals surface area contributed by atoms with Crippen LogP contribution in [0.4, 0.5) is 8.78 Å². The van der Waals surface area contributed by atoms with Gasteiger partial charge in [0, 0.05) is 29.6 Å². The van der Waals surface area contributed by atoms with E-state index < -0.39 is 11.6 Å². The van der Waals surface area contributed by atoms with Crippen LogP contribution in [0.1, 0.15) is 5.56 Å². The molecule has 2 aromatic rings. The summed E-state index contributed by atoms with van der Waals surface area (Å²) in [6.07, 6.45) is 2.72. The molecule has 0 fully saturated rings. The van der Waals surface area contributed by atoms with E-state index >= 15 is 0 Å². The number of rotatable bonds is 2. The zero-order valence-electron chi connectivity index (χ0n) is 9.45. The minimum absolute atomic E-state index is 0.00671. The summed E-state index contributed by atoms with van der Waals surface area (Å²) in [6, 6.07) is 5.30. The van der Waals surface area contributed by atoms with Gasteiger partial charge in [0.05, 0.1) is 12.7 Å². The maximum absolute atomic E-state index is 13.8. The zero-order valence-corrected chi connectivity index (χ0v) is 9.45. The van der Waals surface area contributed by atoms with Crippen LogP contribution in [0.15, 0.2) is 30.6 Å². The Morgan fingerprint density at radius 1 is 1.22 bits per heavy atom. The molecule has 0 saturated heterocycles. The van der Waals surface area contributed by atoms with E-state index in [0.29, 0.717) is 5.56 Å². The van der Waals surface area contributed by atoms with Gasteiger partial charge < -0.3 is 4.74 Å². The Labute approximate surface area is 102 Å². The first kappa shape index (κ1) is 12.0. The molecule has 18 heavy (non-hydrogen) atoms. The molecule has 1 heterocycles. The SMILES string of the molecule is COc1cc(F)c(-c2ccncc2C#N)cc1F. The van der Waals surface area contributed by atoms with E-state index in [4.69, 9.17) is 5.26 Å². The van der Waals surface area contributed by atoms with Crippen molar-refractivity contribution in [2.45, 2.75) is 0 Å². The molecule has 0 radical (unpaired) electrons. The van der Waals surface area contributed by atoms with Crippen LogP contribution >= 0.6 is 0 Å². The van der Waals surface area contributed by atoms with E-state index in [1.165, 1.54) is 25.6 Å². The Balaban J connectivity index is 2.65. The van der Waals surface area contributed by atoms with Crippen LogP contribution in [0.5, 0.6) is 5.75 Å². The van der Waals surface area contributed by atoms with Gasteiger partial charge in [-0.05, 0) is 12.1 Å². The summed E-state index contributed by atoms with van der Waals surface area (Å²) >= 11 is 0. The molecule has 3 nitrogen and oxygen atoms in total. The van der Waals surface area contributed by atoms with Crippen LogP contribution in [0, 0.1) is 23.0 Å². The van der Waals surface area contributed by atoms with Crippen molar-refractivity contribution in [3.63, 3.8) is 0 Å². The summed E-state index contributed by atoms with van der Waals surface area (Å²) in [4.78, 5) is 3.76. The first-order chi connectivity index (χ1) is 8.67. The van der Waals surface area contributed by atoms with Crippen molar-refractivity contribution >= 4 is 0 Å². The van der Waals surface area contributed by atoms with E-state index in [1.54, 1.807) is 0 Å². The second kappa shape index (κ2) is 4.80. The lowest BCUT2D eigenvalue weighted by atomic mass is 10.0. The molecule has 0 N–H and O–H groups in total. The number of pyridine rings is 1.